The van der Waals surface area contributed by atoms with E-state index in [9.17, 15) is 4.39 Å². The largest absolute Gasteiger partial charge is 0.497 e. The number of nitrogens with two attached hydrogens (primary N) is 1. The summed E-state index contributed by atoms with van der Waals surface area (Å²) in [5.41, 5.74) is 6.36. The molecular weight excluding hydrogens is 277 g/mol. The Kier molecular flexibility index (Phi) is 5.12. The summed E-state index contributed by atoms with van der Waals surface area (Å²) < 4.78 is 23.7. The third-order valence-electron chi connectivity index (χ3n) is 2.64. The normalized spacial score (nSPS) is 10.3. The average molecular weight is 293 g/mol. The molecule has 0 radical (unpaired) electrons. The summed E-state index contributed by atoms with van der Waals surface area (Å²) in [7, 11) is 1.62. The van der Waals surface area contributed by atoms with Gasteiger partial charge in [-0.1, -0.05) is 0 Å². The van der Waals surface area contributed by atoms with Gasteiger partial charge in [-0.3, -0.25) is 0 Å². The van der Waals surface area contributed by atoms with Crippen LogP contribution in [0.4, 0.5) is 10.1 Å². The highest BCUT2D eigenvalue weighted by molar-refractivity contribution is 7.99. The molecule has 2 aromatic rings. The minimum atomic E-state index is -0.280. The van der Waals surface area contributed by atoms with E-state index in [1.54, 1.807) is 13.2 Å². The Labute approximate surface area is 121 Å². The molecular formula is C15H16FNO2S. The predicted octanol–water partition coefficient (Wildman–Crippen LogP) is 3.59. The fourth-order valence-electron chi connectivity index (χ4n) is 1.62. The van der Waals surface area contributed by atoms with Crippen molar-refractivity contribution in [2.75, 3.05) is 25.2 Å². The zero-order chi connectivity index (χ0) is 14.4. The van der Waals surface area contributed by atoms with Gasteiger partial charge in [0, 0.05) is 16.3 Å². The number of halogens is 1. The fourth-order valence-corrected chi connectivity index (χ4v) is 2.43. The van der Waals surface area contributed by atoms with Gasteiger partial charge in [0.15, 0.2) is 0 Å². The van der Waals surface area contributed by atoms with E-state index in [0.717, 1.165) is 16.4 Å². The SMILES string of the molecule is COc1ccc(OCCSc2cc(F)ccc2N)cc1. The van der Waals surface area contributed by atoms with Gasteiger partial charge in [-0.05, 0) is 42.5 Å². The van der Waals surface area contributed by atoms with Crippen molar-refractivity contribution >= 4 is 17.4 Å². The first kappa shape index (κ1) is 14.5. The number of methoxy groups -OCH3 is 1. The smallest absolute Gasteiger partial charge is 0.124 e. The van der Waals surface area contributed by atoms with E-state index in [4.69, 9.17) is 15.2 Å². The zero-order valence-electron chi connectivity index (χ0n) is 11.1. The Morgan fingerprint density at radius 2 is 1.80 bits per heavy atom. The van der Waals surface area contributed by atoms with Gasteiger partial charge in [-0.15, -0.1) is 11.8 Å². The lowest BCUT2D eigenvalue weighted by Crippen LogP contribution is -2.00. The van der Waals surface area contributed by atoms with Gasteiger partial charge >= 0.3 is 0 Å². The van der Waals surface area contributed by atoms with Crippen molar-refractivity contribution in [3.05, 3.63) is 48.3 Å². The lowest BCUT2D eigenvalue weighted by Gasteiger charge is -2.08. The maximum absolute atomic E-state index is 13.1. The number of thioether (sulfide) groups is 1. The van der Waals surface area contributed by atoms with Crippen molar-refractivity contribution in [3.8, 4) is 11.5 Å². The fraction of sp³-hybridized carbons (Fsp3) is 0.200. The molecule has 2 aromatic carbocycles. The summed E-state index contributed by atoms with van der Waals surface area (Å²) in [6.07, 6.45) is 0. The van der Waals surface area contributed by atoms with Gasteiger partial charge < -0.3 is 15.2 Å². The molecule has 0 bridgehead atoms. The van der Waals surface area contributed by atoms with E-state index in [-0.39, 0.29) is 5.82 Å². The van der Waals surface area contributed by atoms with E-state index in [1.807, 2.05) is 24.3 Å². The number of anilines is 1. The van der Waals surface area contributed by atoms with Gasteiger partial charge in [-0.2, -0.15) is 0 Å². The van der Waals surface area contributed by atoms with Crippen LogP contribution in [-0.2, 0) is 0 Å². The molecule has 2 N–H and O–H groups in total. The summed E-state index contributed by atoms with van der Waals surface area (Å²) in [5.74, 6) is 1.98. The summed E-state index contributed by atoms with van der Waals surface area (Å²) in [4.78, 5) is 0.739. The number of ether oxygens (including phenoxy) is 2. The number of hydrogen-bond donors (Lipinski definition) is 1. The number of hydrogen-bond acceptors (Lipinski definition) is 4. The van der Waals surface area contributed by atoms with Crippen molar-refractivity contribution in [2.45, 2.75) is 4.90 Å². The zero-order valence-corrected chi connectivity index (χ0v) is 12.0. The summed E-state index contributed by atoms with van der Waals surface area (Å²) >= 11 is 1.47. The molecule has 3 nitrogen and oxygen atoms in total. The molecule has 106 valence electrons. The molecule has 0 saturated heterocycles. The Morgan fingerprint density at radius 3 is 2.50 bits per heavy atom. The van der Waals surface area contributed by atoms with Gasteiger partial charge in [0.25, 0.3) is 0 Å². The van der Waals surface area contributed by atoms with Crippen LogP contribution in [0.5, 0.6) is 11.5 Å². The molecule has 0 heterocycles. The molecule has 0 amide bonds. The molecule has 0 aromatic heterocycles. The standard InChI is InChI=1S/C15H16FNO2S/c1-18-12-3-5-13(6-4-12)19-8-9-20-15-10-11(16)2-7-14(15)17/h2-7,10H,8-9,17H2,1H3. The average Bonchev–Trinajstić information content (AvgIpc) is 2.47. The van der Waals surface area contributed by atoms with Crippen molar-refractivity contribution in [1.29, 1.82) is 0 Å². The second-order valence-corrected chi connectivity index (χ2v) is 5.19. The maximum atomic E-state index is 13.1. The van der Waals surface area contributed by atoms with Gasteiger partial charge in [0.05, 0.1) is 13.7 Å². The Balaban J connectivity index is 1.79. The van der Waals surface area contributed by atoms with Gasteiger partial charge in [-0.25, -0.2) is 4.39 Å². The summed E-state index contributed by atoms with van der Waals surface area (Å²) in [6.45, 7) is 0.521. The van der Waals surface area contributed by atoms with Crippen LogP contribution in [0.15, 0.2) is 47.4 Å². The van der Waals surface area contributed by atoms with E-state index >= 15 is 0 Å². The highest BCUT2D eigenvalue weighted by Gasteiger charge is 2.02. The molecule has 0 aliphatic carbocycles. The third-order valence-corrected chi connectivity index (χ3v) is 3.68. The van der Waals surface area contributed by atoms with E-state index < -0.39 is 0 Å². The van der Waals surface area contributed by atoms with Gasteiger partial charge in [0.2, 0.25) is 0 Å². The van der Waals surface area contributed by atoms with Crippen molar-refractivity contribution < 1.29 is 13.9 Å². The monoisotopic (exact) mass is 293 g/mol. The molecule has 0 atom stereocenters. The van der Waals surface area contributed by atoms with Crippen LogP contribution < -0.4 is 15.2 Å². The molecule has 0 spiro atoms. The Bertz CT molecular complexity index is 560. The van der Waals surface area contributed by atoms with Crippen LogP contribution in [0.2, 0.25) is 0 Å². The third kappa shape index (κ3) is 4.06. The molecule has 0 aliphatic heterocycles. The number of rotatable bonds is 6. The predicted molar refractivity (Wildman–Crippen MR) is 80.0 cm³/mol. The van der Waals surface area contributed by atoms with Crippen molar-refractivity contribution in [3.63, 3.8) is 0 Å². The first-order chi connectivity index (χ1) is 9.69. The summed E-state index contributed by atoms with van der Waals surface area (Å²) in [5, 5.41) is 0. The van der Waals surface area contributed by atoms with Gasteiger partial charge in [0.1, 0.15) is 17.3 Å². The highest BCUT2D eigenvalue weighted by atomic mass is 32.2. The van der Waals surface area contributed by atoms with Crippen LogP contribution in [0.3, 0.4) is 0 Å². The highest BCUT2D eigenvalue weighted by Crippen LogP contribution is 2.25. The Morgan fingerprint density at radius 1 is 1.10 bits per heavy atom. The van der Waals surface area contributed by atoms with Crippen LogP contribution in [0.25, 0.3) is 0 Å². The van der Waals surface area contributed by atoms with Crippen molar-refractivity contribution in [2.24, 2.45) is 0 Å². The van der Waals surface area contributed by atoms with Crippen LogP contribution in [0, 0.1) is 5.82 Å². The molecule has 0 saturated carbocycles. The number of benzene rings is 2. The molecule has 20 heavy (non-hydrogen) atoms. The number of nitrogen functional groups attached to an aromatic ring is 1. The minimum absolute atomic E-state index is 0.280. The van der Waals surface area contributed by atoms with Crippen LogP contribution in [-0.4, -0.2) is 19.5 Å². The van der Waals surface area contributed by atoms with E-state index in [0.29, 0.717) is 18.0 Å². The molecule has 0 unspecified atom stereocenters. The first-order valence-electron chi connectivity index (χ1n) is 6.14. The maximum Gasteiger partial charge on any atom is 0.124 e. The topological polar surface area (TPSA) is 44.5 Å². The molecule has 0 aliphatic rings. The van der Waals surface area contributed by atoms with E-state index in [1.165, 1.54) is 23.9 Å². The van der Waals surface area contributed by atoms with Crippen molar-refractivity contribution in [1.82, 2.24) is 0 Å². The lowest BCUT2D eigenvalue weighted by molar-refractivity contribution is 0.342. The lowest BCUT2D eigenvalue weighted by atomic mass is 10.3. The quantitative estimate of drug-likeness (QED) is 0.502. The minimum Gasteiger partial charge on any atom is -0.497 e. The molecule has 2 rings (SSSR count). The molecule has 0 fully saturated rings. The first-order valence-corrected chi connectivity index (χ1v) is 7.12. The van der Waals surface area contributed by atoms with E-state index in [2.05, 4.69) is 0 Å². The second kappa shape index (κ2) is 7.05. The van der Waals surface area contributed by atoms with Crippen LogP contribution >= 0.6 is 11.8 Å². The second-order valence-electron chi connectivity index (χ2n) is 4.05. The Hall–Kier alpha value is -1.88. The van der Waals surface area contributed by atoms with Crippen LogP contribution in [0.1, 0.15) is 0 Å². The molecule has 5 heteroatoms. The summed E-state index contributed by atoms with van der Waals surface area (Å²) in [6, 6.07) is 11.7.